The topological polar surface area (TPSA) is 167 Å². The number of hydrogen-bond acceptors (Lipinski definition) is 7. The van der Waals surface area contributed by atoms with Crippen LogP contribution in [-0.2, 0) is 32.1 Å². The van der Waals surface area contributed by atoms with Crippen molar-refractivity contribution >= 4 is 29.5 Å². The molecule has 0 aliphatic carbocycles. The molecule has 0 radical (unpaired) electrons. The third-order valence-corrected chi connectivity index (χ3v) is 7.62. The van der Waals surface area contributed by atoms with Crippen molar-refractivity contribution in [1.82, 2.24) is 40.9 Å². The zero-order chi connectivity index (χ0) is 30.5. The number of nitrogens with zero attached hydrogens (tertiary/aromatic N) is 4. The van der Waals surface area contributed by atoms with Crippen LogP contribution < -0.4 is 21.3 Å². The smallest absolute Gasteiger partial charge is 0.254 e. The summed E-state index contributed by atoms with van der Waals surface area (Å²) in [7, 11) is 0. The van der Waals surface area contributed by atoms with Gasteiger partial charge in [0.2, 0.25) is 23.6 Å². The van der Waals surface area contributed by atoms with Gasteiger partial charge in [0.05, 0.1) is 24.3 Å². The first-order valence-corrected chi connectivity index (χ1v) is 14.2. The Morgan fingerprint density at radius 1 is 0.860 bits per heavy atom. The van der Waals surface area contributed by atoms with Gasteiger partial charge in [-0.15, -0.1) is 10.2 Å². The minimum atomic E-state index is -0.949. The SMILES string of the molecule is Cc1nnc2n1-c1ccccc1C(=O)N[C@@H](C)C(=O)N1CCC[C@H]1C(=O)NCC(=O)N[C@@H](Cc1ccccc1)C(=O)NC2. The number of rotatable bonds is 2. The van der Waals surface area contributed by atoms with Crippen molar-refractivity contribution in [1.29, 1.82) is 0 Å². The van der Waals surface area contributed by atoms with Gasteiger partial charge < -0.3 is 26.2 Å². The fourth-order valence-electron chi connectivity index (χ4n) is 5.46. The van der Waals surface area contributed by atoms with Gasteiger partial charge in [0, 0.05) is 13.0 Å². The second-order valence-electron chi connectivity index (χ2n) is 10.6. The number of carbonyl (C=O) groups is 5. The Balaban J connectivity index is 1.49. The van der Waals surface area contributed by atoms with E-state index >= 15 is 0 Å². The van der Waals surface area contributed by atoms with Crippen molar-refractivity contribution in [2.75, 3.05) is 13.1 Å². The fourth-order valence-corrected chi connectivity index (χ4v) is 5.46. The van der Waals surface area contributed by atoms with E-state index in [9.17, 15) is 24.0 Å². The molecule has 2 aliphatic heterocycles. The lowest BCUT2D eigenvalue weighted by molar-refractivity contribution is -0.140. The van der Waals surface area contributed by atoms with E-state index in [4.69, 9.17) is 0 Å². The third kappa shape index (κ3) is 6.55. The zero-order valence-electron chi connectivity index (χ0n) is 24.0. The minimum Gasteiger partial charge on any atom is -0.347 e. The molecule has 1 saturated heterocycles. The van der Waals surface area contributed by atoms with Crippen molar-refractivity contribution < 1.29 is 24.0 Å². The molecule has 3 aromatic rings. The average Bonchev–Trinajstić information content (AvgIpc) is 3.64. The van der Waals surface area contributed by atoms with Crippen molar-refractivity contribution in [3.63, 3.8) is 0 Å². The highest BCUT2D eigenvalue weighted by atomic mass is 16.2. The Morgan fingerprint density at radius 3 is 2.37 bits per heavy atom. The van der Waals surface area contributed by atoms with Crippen LogP contribution in [0.3, 0.4) is 0 Å². The Bertz CT molecular complexity index is 1540. The summed E-state index contributed by atoms with van der Waals surface area (Å²) in [6, 6.07) is 13.4. The molecule has 13 nitrogen and oxygen atoms in total. The quantitative estimate of drug-likeness (QED) is 0.332. The van der Waals surface area contributed by atoms with E-state index in [1.165, 1.54) is 4.90 Å². The maximum absolute atomic E-state index is 13.5. The van der Waals surface area contributed by atoms with Gasteiger partial charge in [-0.05, 0) is 44.4 Å². The zero-order valence-corrected chi connectivity index (χ0v) is 24.0. The molecule has 0 bridgehead atoms. The van der Waals surface area contributed by atoms with Gasteiger partial charge in [-0.1, -0.05) is 42.5 Å². The van der Waals surface area contributed by atoms with Crippen LogP contribution in [-0.4, -0.2) is 80.4 Å². The first kappa shape index (κ1) is 29.4. The minimum absolute atomic E-state index is 0.0426. The van der Waals surface area contributed by atoms with E-state index < -0.39 is 47.7 Å². The summed E-state index contributed by atoms with van der Waals surface area (Å²) < 4.78 is 1.67. The number of aromatic nitrogens is 3. The molecule has 0 unspecified atom stereocenters. The second kappa shape index (κ2) is 12.8. The molecule has 2 aromatic carbocycles. The molecule has 5 amide bonds. The van der Waals surface area contributed by atoms with Gasteiger partial charge >= 0.3 is 0 Å². The maximum Gasteiger partial charge on any atom is 0.254 e. The van der Waals surface area contributed by atoms with Gasteiger partial charge in [-0.2, -0.15) is 0 Å². The molecule has 3 atom stereocenters. The van der Waals surface area contributed by atoms with E-state index in [0.29, 0.717) is 36.7 Å². The largest absolute Gasteiger partial charge is 0.347 e. The van der Waals surface area contributed by atoms with E-state index in [1.807, 2.05) is 30.3 Å². The highest BCUT2D eigenvalue weighted by molar-refractivity contribution is 6.01. The number of amides is 5. The van der Waals surface area contributed by atoms with Crippen molar-refractivity contribution in [3.8, 4) is 5.69 Å². The number of hydrogen-bond donors (Lipinski definition) is 4. The Morgan fingerprint density at radius 2 is 1.58 bits per heavy atom. The summed E-state index contributed by atoms with van der Waals surface area (Å²) in [5, 5.41) is 19.3. The molecule has 2 aliphatic rings. The number of benzene rings is 2. The maximum atomic E-state index is 13.5. The van der Waals surface area contributed by atoms with Crippen LogP contribution in [0.25, 0.3) is 5.69 Å². The van der Waals surface area contributed by atoms with E-state index in [2.05, 4.69) is 31.5 Å². The van der Waals surface area contributed by atoms with Crippen LogP contribution in [0, 0.1) is 6.92 Å². The number of para-hydroxylation sites is 1. The van der Waals surface area contributed by atoms with Crippen molar-refractivity contribution in [3.05, 3.63) is 77.4 Å². The molecular formula is C30H34N8O5. The van der Waals surface area contributed by atoms with Crippen LogP contribution in [0.5, 0.6) is 0 Å². The number of fused-ring (bicyclic) bond motifs is 4. The van der Waals surface area contributed by atoms with Crippen LogP contribution in [0.15, 0.2) is 54.6 Å². The highest BCUT2D eigenvalue weighted by Crippen LogP contribution is 2.21. The molecule has 5 rings (SSSR count). The predicted molar refractivity (Wildman–Crippen MR) is 155 cm³/mol. The molecule has 13 heteroatoms. The molecule has 0 saturated carbocycles. The van der Waals surface area contributed by atoms with E-state index in [1.54, 1.807) is 42.7 Å². The number of nitrogens with one attached hydrogen (secondary N) is 4. The summed E-state index contributed by atoms with van der Waals surface area (Å²) in [5.74, 6) is -1.52. The van der Waals surface area contributed by atoms with Gasteiger partial charge in [0.1, 0.15) is 23.9 Å². The van der Waals surface area contributed by atoms with Crippen LogP contribution in [0.2, 0.25) is 0 Å². The lowest BCUT2D eigenvalue weighted by Crippen LogP contribution is -2.54. The monoisotopic (exact) mass is 586 g/mol. The molecule has 1 fully saturated rings. The Hall–Kier alpha value is -5.07. The molecule has 224 valence electrons. The third-order valence-electron chi connectivity index (χ3n) is 7.62. The molecular weight excluding hydrogens is 552 g/mol. The normalized spacial score (nSPS) is 22.0. The van der Waals surface area contributed by atoms with Crippen LogP contribution in [0.1, 0.15) is 47.3 Å². The van der Waals surface area contributed by atoms with Gasteiger partial charge in [-0.3, -0.25) is 28.5 Å². The molecule has 0 spiro atoms. The number of carbonyl (C=O) groups excluding carboxylic acids is 5. The van der Waals surface area contributed by atoms with E-state index in [-0.39, 0.29) is 25.1 Å². The van der Waals surface area contributed by atoms with Gasteiger partial charge in [0.15, 0.2) is 5.82 Å². The van der Waals surface area contributed by atoms with Gasteiger partial charge in [0.25, 0.3) is 5.91 Å². The first-order chi connectivity index (χ1) is 20.7. The standard InChI is InChI=1S/C30H34N8O5/c1-18-30(43)37-14-8-13-24(37)29(42)32-17-26(39)34-22(15-20-9-4-3-5-10-20)28(41)31-16-25-36-35-19(2)38(25)23-12-7-6-11-21(23)27(40)33-18/h3-7,9-12,18,22,24H,8,13-17H2,1-2H3,(H,31,41)(H,32,42)(H,33,40)(H,34,39)/t18-,22-,24-/m0/s1. The molecule has 43 heavy (non-hydrogen) atoms. The summed E-state index contributed by atoms with van der Waals surface area (Å²) in [5.41, 5.74) is 1.58. The summed E-state index contributed by atoms with van der Waals surface area (Å²) in [6.07, 6.45) is 1.25. The first-order valence-electron chi connectivity index (χ1n) is 14.2. The molecule has 1 aromatic heterocycles. The van der Waals surface area contributed by atoms with E-state index in [0.717, 1.165) is 5.56 Å². The number of aryl methyl sites for hydroxylation is 1. The Kier molecular flexibility index (Phi) is 8.79. The fraction of sp³-hybridized carbons (Fsp3) is 0.367. The lowest BCUT2D eigenvalue weighted by atomic mass is 10.1. The second-order valence-corrected chi connectivity index (χ2v) is 10.6. The van der Waals surface area contributed by atoms with Crippen LogP contribution in [0.4, 0.5) is 0 Å². The summed E-state index contributed by atoms with van der Waals surface area (Å²) in [6.45, 7) is 3.24. The van der Waals surface area contributed by atoms with Crippen molar-refractivity contribution in [2.45, 2.75) is 57.8 Å². The predicted octanol–water partition coefficient (Wildman–Crippen LogP) is 0.159. The Labute approximate surface area is 248 Å². The summed E-state index contributed by atoms with van der Waals surface area (Å²) >= 11 is 0. The van der Waals surface area contributed by atoms with Crippen LogP contribution >= 0.6 is 0 Å². The van der Waals surface area contributed by atoms with Gasteiger partial charge in [-0.25, -0.2) is 0 Å². The average molecular weight is 587 g/mol. The highest BCUT2D eigenvalue weighted by Gasteiger charge is 2.37. The molecule has 3 heterocycles. The molecule has 4 N–H and O–H groups in total. The summed E-state index contributed by atoms with van der Waals surface area (Å²) in [4.78, 5) is 67.7. The van der Waals surface area contributed by atoms with Crippen molar-refractivity contribution in [2.24, 2.45) is 0 Å². The lowest BCUT2D eigenvalue weighted by Gasteiger charge is -2.27.